The number of quaternary nitrogens is 1. The molecular weight excluding hydrogens is 498 g/mol. The molecular formula is C27H34BrNO5. The summed E-state index contributed by atoms with van der Waals surface area (Å²) in [6.45, 7) is 3.77. The second-order valence-electron chi connectivity index (χ2n) is 9.73. The Morgan fingerprint density at radius 3 is 1.74 bits per heavy atom. The van der Waals surface area contributed by atoms with Crippen molar-refractivity contribution in [3.8, 4) is 11.5 Å². The maximum Gasteiger partial charge on any atom is 0.347 e. The fourth-order valence-corrected chi connectivity index (χ4v) is 5.22. The summed E-state index contributed by atoms with van der Waals surface area (Å²) in [5, 5.41) is 12.0. The number of rotatable bonds is 6. The summed E-state index contributed by atoms with van der Waals surface area (Å²) in [5.74, 6) is 0.721. The molecule has 2 unspecified atom stereocenters. The normalized spacial score (nSPS) is 22.6. The molecule has 2 aliphatic rings. The Balaban J connectivity index is 0.00000324. The first-order chi connectivity index (χ1) is 15.6. The van der Waals surface area contributed by atoms with Crippen molar-refractivity contribution >= 4 is 5.97 Å². The quantitative estimate of drug-likeness (QED) is 0.337. The number of likely N-dealkylation sites (N-methyl/N-ethyl adjacent to an activating group) is 1. The van der Waals surface area contributed by atoms with E-state index in [1.807, 2.05) is 13.8 Å². The summed E-state index contributed by atoms with van der Waals surface area (Å²) in [5.41, 5.74) is 0.588. The minimum atomic E-state index is -1.96. The molecule has 34 heavy (non-hydrogen) atoms. The number of ether oxygens (including phenoxy) is 3. The molecule has 0 aromatic heterocycles. The van der Waals surface area contributed by atoms with Gasteiger partial charge in [-0.15, -0.1) is 0 Å². The molecule has 4 rings (SSSR count). The number of halogens is 1. The molecule has 1 fully saturated rings. The first-order valence-corrected chi connectivity index (χ1v) is 11.4. The molecule has 0 spiro atoms. The van der Waals surface area contributed by atoms with Crippen LogP contribution in [0, 0.1) is 13.8 Å². The average molecular weight is 532 g/mol. The highest BCUT2D eigenvalue weighted by molar-refractivity contribution is 5.86. The van der Waals surface area contributed by atoms with Crippen molar-refractivity contribution in [2.75, 3.05) is 28.3 Å². The number of hydrogen-bond acceptors (Lipinski definition) is 5. The van der Waals surface area contributed by atoms with Gasteiger partial charge in [-0.3, -0.25) is 0 Å². The number of hydrogen-bond donors (Lipinski definition) is 1. The first-order valence-electron chi connectivity index (χ1n) is 11.4. The molecule has 0 radical (unpaired) electrons. The SMILES string of the molecule is COc1ccc(C(O)(C(=O)OC2CC3C=C[C@H](C2)[N+]3(C)C)c2ccc(OC)c(C)c2)cc1C.[Br-]. The molecule has 0 amide bonds. The van der Waals surface area contributed by atoms with Crippen molar-refractivity contribution in [2.45, 2.75) is 50.5 Å². The van der Waals surface area contributed by atoms with Gasteiger partial charge in [-0.2, -0.15) is 0 Å². The van der Waals surface area contributed by atoms with Crippen LogP contribution in [0.1, 0.15) is 35.1 Å². The fourth-order valence-electron chi connectivity index (χ4n) is 5.22. The summed E-state index contributed by atoms with van der Waals surface area (Å²) in [6, 6.07) is 11.2. The van der Waals surface area contributed by atoms with Gasteiger partial charge >= 0.3 is 5.97 Å². The Morgan fingerprint density at radius 2 is 1.35 bits per heavy atom. The minimum absolute atomic E-state index is 0. The van der Waals surface area contributed by atoms with Gasteiger partial charge in [0.05, 0.1) is 28.3 Å². The summed E-state index contributed by atoms with van der Waals surface area (Å²) < 4.78 is 17.7. The first kappa shape index (κ1) is 26.3. The van der Waals surface area contributed by atoms with E-state index in [-0.39, 0.29) is 23.1 Å². The van der Waals surface area contributed by atoms with E-state index in [1.54, 1.807) is 50.6 Å². The lowest BCUT2D eigenvalue weighted by Crippen LogP contribution is -3.00. The van der Waals surface area contributed by atoms with Crippen LogP contribution in [-0.2, 0) is 15.1 Å². The van der Waals surface area contributed by atoms with Crippen molar-refractivity contribution in [3.63, 3.8) is 0 Å². The van der Waals surface area contributed by atoms with Gasteiger partial charge in [0.2, 0.25) is 5.60 Å². The molecule has 1 saturated heterocycles. The van der Waals surface area contributed by atoms with Gasteiger partial charge in [0.15, 0.2) is 0 Å². The predicted octanol–water partition coefficient (Wildman–Crippen LogP) is 0.650. The largest absolute Gasteiger partial charge is 1.00 e. The number of carbonyl (C=O) groups is 1. The Bertz CT molecular complexity index is 1020. The molecule has 184 valence electrons. The van der Waals surface area contributed by atoms with E-state index in [1.165, 1.54) is 0 Å². The Hall–Kier alpha value is -2.35. The number of esters is 1. The van der Waals surface area contributed by atoms with Gasteiger partial charge in [-0.25, -0.2) is 4.79 Å². The van der Waals surface area contributed by atoms with Crippen molar-refractivity contribution in [1.29, 1.82) is 0 Å². The molecule has 7 heteroatoms. The number of aryl methyl sites for hydroxylation is 2. The zero-order valence-electron chi connectivity index (χ0n) is 20.7. The van der Waals surface area contributed by atoms with E-state index in [0.29, 0.717) is 34.7 Å². The van der Waals surface area contributed by atoms with Gasteiger partial charge in [0.1, 0.15) is 29.7 Å². The third-order valence-electron chi connectivity index (χ3n) is 7.47. The second-order valence-corrected chi connectivity index (χ2v) is 9.73. The third kappa shape index (κ3) is 4.37. The number of nitrogens with zero attached hydrogens (tertiary/aromatic N) is 1. The van der Waals surface area contributed by atoms with Crippen molar-refractivity contribution in [1.82, 2.24) is 0 Å². The van der Waals surface area contributed by atoms with Crippen molar-refractivity contribution in [2.24, 2.45) is 0 Å². The summed E-state index contributed by atoms with van der Waals surface area (Å²) in [6.07, 6.45) is 5.68. The average Bonchev–Trinajstić information content (AvgIpc) is 2.94. The molecule has 2 aliphatic heterocycles. The van der Waals surface area contributed by atoms with Crippen LogP contribution in [0.4, 0.5) is 0 Å². The smallest absolute Gasteiger partial charge is 0.347 e. The van der Waals surface area contributed by atoms with E-state index < -0.39 is 11.6 Å². The number of aliphatic hydroxyl groups is 1. The Morgan fingerprint density at radius 1 is 0.912 bits per heavy atom. The fraction of sp³-hybridized carbons (Fsp3) is 0.444. The summed E-state index contributed by atoms with van der Waals surface area (Å²) in [4.78, 5) is 13.7. The number of benzene rings is 2. The van der Waals surface area contributed by atoms with Gasteiger partial charge in [-0.05, 0) is 72.5 Å². The van der Waals surface area contributed by atoms with Crippen LogP contribution in [0.3, 0.4) is 0 Å². The predicted molar refractivity (Wildman–Crippen MR) is 126 cm³/mol. The Kier molecular flexibility index (Phi) is 7.51. The third-order valence-corrected chi connectivity index (χ3v) is 7.47. The van der Waals surface area contributed by atoms with E-state index in [9.17, 15) is 9.90 Å². The summed E-state index contributed by atoms with van der Waals surface area (Å²) in [7, 11) is 7.62. The van der Waals surface area contributed by atoms with Gasteiger partial charge in [-0.1, -0.05) is 12.1 Å². The zero-order chi connectivity index (χ0) is 24.0. The number of carbonyl (C=O) groups excluding carboxylic acids is 1. The van der Waals surface area contributed by atoms with Crippen LogP contribution in [0.15, 0.2) is 48.6 Å². The molecule has 6 nitrogen and oxygen atoms in total. The van der Waals surface area contributed by atoms with Crippen molar-refractivity contribution in [3.05, 3.63) is 70.8 Å². The number of fused-ring (bicyclic) bond motifs is 2. The highest BCUT2D eigenvalue weighted by Gasteiger charge is 2.49. The van der Waals surface area contributed by atoms with Crippen LogP contribution < -0.4 is 26.5 Å². The van der Waals surface area contributed by atoms with Crippen LogP contribution in [-0.4, -0.2) is 62.1 Å². The Labute approximate surface area is 212 Å². The van der Waals surface area contributed by atoms with Gasteiger partial charge < -0.3 is 40.8 Å². The maximum atomic E-state index is 13.7. The molecule has 2 aromatic rings. The standard InChI is InChI=1S/C27H34NO5.BrH/c1-17-13-19(7-11-24(17)31-5)27(30,20-8-12-25(32-6)18(2)14-20)26(29)33-23-15-21-9-10-22(16-23)28(21,3)4;/h7-14,21-23,30H,15-16H2,1-6H3;1H/q+1;/p-1/t21-,22?,23?;/m1./s1. The van der Waals surface area contributed by atoms with Crippen LogP contribution in [0.25, 0.3) is 0 Å². The maximum absolute atomic E-state index is 13.7. The zero-order valence-corrected chi connectivity index (χ0v) is 22.3. The van der Waals surface area contributed by atoms with E-state index >= 15 is 0 Å². The second kappa shape index (κ2) is 9.72. The van der Waals surface area contributed by atoms with E-state index in [4.69, 9.17) is 14.2 Å². The highest BCUT2D eigenvalue weighted by Crippen LogP contribution is 2.39. The molecule has 2 bridgehead atoms. The number of piperidine rings is 1. The lowest BCUT2D eigenvalue weighted by Gasteiger charge is -2.44. The molecule has 2 heterocycles. The molecule has 2 aromatic carbocycles. The highest BCUT2D eigenvalue weighted by atomic mass is 79.9. The summed E-state index contributed by atoms with van der Waals surface area (Å²) >= 11 is 0. The van der Waals surface area contributed by atoms with Crippen molar-refractivity contribution < 1.29 is 45.6 Å². The molecule has 0 saturated carbocycles. The molecule has 0 aliphatic carbocycles. The lowest BCUT2D eigenvalue weighted by molar-refractivity contribution is -0.926. The van der Waals surface area contributed by atoms with Gasteiger partial charge in [0.25, 0.3) is 0 Å². The minimum Gasteiger partial charge on any atom is -1.00 e. The number of methoxy groups -OCH3 is 2. The van der Waals surface area contributed by atoms with Gasteiger partial charge in [0, 0.05) is 12.8 Å². The van der Waals surface area contributed by atoms with Crippen LogP contribution in [0.2, 0.25) is 0 Å². The van der Waals surface area contributed by atoms with E-state index in [0.717, 1.165) is 28.5 Å². The monoisotopic (exact) mass is 531 g/mol. The van der Waals surface area contributed by atoms with E-state index in [2.05, 4.69) is 26.2 Å². The molecule has 3 atom stereocenters. The van der Waals surface area contributed by atoms with Crippen LogP contribution >= 0.6 is 0 Å². The molecule has 1 N–H and O–H groups in total. The van der Waals surface area contributed by atoms with Crippen LogP contribution in [0.5, 0.6) is 11.5 Å². The topological polar surface area (TPSA) is 65.0 Å². The lowest BCUT2D eigenvalue weighted by atomic mass is 9.84.